The third-order valence-corrected chi connectivity index (χ3v) is 8.39. The highest BCUT2D eigenvalue weighted by Crippen LogP contribution is 2.19. The zero-order valence-electron chi connectivity index (χ0n) is 25.1. The maximum atomic E-state index is 10.6. The molecule has 0 spiro atoms. The lowest BCUT2D eigenvalue weighted by Crippen LogP contribution is -2.27. The Bertz CT molecular complexity index is 1750. The summed E-state index contributed by atoms with van der Waals surface area (Å²) in [5.41, 5.74) is 6.43. The average Bonchev–Trinajstić information content (AvgIpc) is 3.66. The van der Waals surface area contributed by atoms with E-state index in [9.17, 15) is 24.4 Å². The molecule has 0 saturated carbocycles. The van der Waals surface area contributed by atoms with E-state index in [0.29, 0.717) is 23.2 Å². The molecule has 0 aliphatic carbocycles. The lowest BCUT2D eigenvalue weighted by atomic mass is 9.79. The minimum Gasteiger partial charge on any atom is -0.478 e. The number of halogens is 2. The number of carbonyl (C=O) groups excluding carboxylic acids is 1. The third kappa shape index (κ3) is 10.7. The predicted molar refractivity (Wildman–Crippen MR) is 183 cm³/mol. The van der Waals surface area contributed by atoms with Gasteiger partial charge in [0.1, 0.15) is 6.29 Å². The first-order valence-electron chi connectivity index (χ1n) is 14.1. The topological polar surface area (TPSA) is 211 Å². The van der Waals surface area contributed by atoms with Crippen molar-refractivity contribution in [2.24, 2.45) is 0 Å². The van der Waals surface area contributed by atoms with Crippen LogP contribution in [0.15, 0.2) is 81.7 Å². The number of aldehydes is 1. The van der Waals surface area contributed by atoms with Gasteiger partial charge in [0.2, 0.25) is 0 Å². The highest BCUT2D eigenvalue weighted by Gasteiger charge is 2.27. The molecule has 6 rings (SSSR count). The number of benzene rings is 4. The second-order valence-corrected chi connectivity index (χ2v) is 11.8. The fourth-order valence-electron chi connectivity index (χ4n) is 4.38. The van der Waals surface area contributed by atoms with Crippen molar-refractivity contribution in [1.82, 2.24) is 0 Å². The Morgan fingerprint density at radius 2 is 1.23 bits per heavy atom. The van der Waals surface area contributed by atoms with Gasteiger partial charge in [-0.05, 0) is 85.0 Å². The Morgan fingerprint density at radius 1 is 0.688 bits per heavy atom. The van der Waals surface area contributed by atoms with Gasteiger partial charge < -0.3 is 44.9 Å². The molecule has 0 bridgehead atoms. The van der Waals surface area contributed by atoms with E-state index >= 15 is 0 Å². The molecule has 2 aliphatic heterocycles. The quantitative estimate of drug-likeness (QED) is 0.111. The standard InChI is InChI=1S/C8H9BO3.C8H7BO3.C8H5BrO4.C8H9BrO2/c2*10-4-6-1-2-8-7(3-6)5-12-9(8)11;9-6-2-1-4(7(10)11)3-5(6)8(12)13;9-8-2-1-6(4-10)3-7(8)5-11/h1-3,10-11H,4-5H2;1-4,11H,5H2;1-3H,(H,10,11)(H,12,13);1-3,10-11H,4-5H2. The summed E-state index contributed by atoms with van der Waals surface area (Å²) in [5, 5.41) is 62.1. The molecule has 16 heteroatoms. The Hall–Kier alpha value is -3.70. The summed E-state index contributed by atoms with van der Waals surface area (Å²) in [7, 11) is -1.60. The monoisotopic (exact) mass is 786 g/mol. The van der Waals surface area contributed by atoms with Gasteiger partial charge in [-0.25, -0.2) is 9.59 Å². The highest BCUT2D eigenvalue weighted by atomic mass is 79.9. The maximum Gasteiger partial charge on any atom is 0.491 e. The van der Waals surface area contributed by atoms with Crippen LogP contribution in [0.2, 0.25) is 0 Å². The van der Waals surface area contributed by atoms with Crippen molar-refractivity contribution in [3.8, 4) is 0 Å². The normalized spacial score (nSPS) is 12.3. The first kappa shape index (κ1) is 38.7. The van der Waals surface area contributed by atoms with Crippen molar-refractivity contribution in [1.29, 1.82) is 0 Å². The van der Waals surface area contributed by atoms with Crippen molar-refractivity contribution in [2.75, 3.05) is 0 Å². The number of fused-ring (bicyclic) bond motifs is 2. The van der Waals surface area contributed by atoms with Gasteiger partial charge in [-0.3, -0.25) is 4.79 Å². The van der Waals surface area contributed by atoms with Gasteiger partial charge in [-0.15, -0.1) is 0 Å². The van der Waals surface area contributed by atoms with Gasteiger partial charge >= 0.3 is 26.2 Å². The molecular weight excluding hydrogens is 758 g/mol. The van der Waals surface area contributed by atoms with E-state index in [0.717, 1.165) is 55.6 Å². The van der Waals surface area contributed by atoms with E-state index in [2.05, 4.69) is 31.9 Å². The van der Waals surface area contributed by atoms with E-state index in [4.69, 9.17) is 34.8 Å². The number of aromatic carboxylic acids is 2. The van der Waals surface area contributed by atoms with E-state index in [1.165, 1.54) is 12.1 Å². The molecule has 7 N–H and O–H groups in total. The molecule has 2 aliphatic rings. The van der Waals surface area contributed by atoms with Crippen LogP contribution in [-0.4, -0.2) is 68.0 Å². The Morgan fingerprint density at radius 3 is 1.77 bits per heavy atom. The Balaban J connectivity index is 0.000000174. The lowest BCUT2D eigenvalue weighted by Gasteiger charge is -2.02. The summed E-state index contributed by atoms with van der Waals surface area (Å²) in [6.07, 6.45) is 0.783. The summed E-state index contributed by atoms with van der Waals surface area (Å²) in [6, 6.07) is 19.8. The second kappa shape index (κ2) is 18.7. The van der Waals surface area contributed by atoms with E-state index in [-0.39, 0.29) is 30.9 Å². The second-order valence-electron chi connectivity index (χ2n) is 10.1. The molecule has 0 saturated heterocycles. The summed E-state index contributed by atoms with van der Waals surface area (Å²) >= 11 is 6.28. The lowest BCUT2D eigenvalue weighted by molar-refractivity contribution is 0.0695. The average molecular weight is 788 g/mol. The van der Waals surface area contributed by atoms with Gasteiger partial charge in [0, 0.05) is 14.5 Å². The molecule has 0 atom stereocenters. The van der Waals surface area contributed by atoms with E-state index in [1.807, 2.05) is 18.2 Å². The molecule has 0 unspecified atom stereocenters. The Kier molecular flexibility index (Phi) is 15.1. The molecule has 250 valence electrons. The van der Waals surface area contributed by atoms with Crippen LogP contribution < -0.4 is 10.9 Å². The first-order chi connectivity index (χ1) is 22.9. The molecule has 2 heterocycles. The SMILES string of the molecule is O=C(O)c1ccc(Br)c(C(=O)O)c1.O=Cc1ccc2c(c1)COB2O.OCc1ccc(Br)c(CO)c1.OCc1ccc2c(c1)COB2O. The minimum atomic E-state index is -1.16. The molecule has 4 aromatic rings. The maximum absolute atomic E-state index is 10.6. The molecule has 0 aromatic heterocycles. The molecule has 0 radical (unpaired) electrons. The van der Waals surface area contributed by atoms with Crippen LogP contribution in [0.25, 0.3) is 0 Å². The molecule has 12 nitrogen and oxygen atoms in total. The third-order valence-electron chi connectivity index (χ3n) is 6.93. The van der Waals surface area contributed by atoms with Gasteiger partial charge in [-0.1, -0.05) is 58.4 Å². The number of hydrogen-bond acceptors (Lipinski definition) is 10. The molecular formula is C32H30B2Br2O12. The number of rotatable bonds is 6. The summed E-state index contributed by atoms with van der Waals surface area (Å²) in [4.78, 5) is 31.4. The van der Waals surface area contributed by atoms with Gasteiger partial charge in [0.05, 0.1) is 44.2 Å². The summed E-state index contributed by atoms with van der Waals surface area (Å²) < 4.78 is 11.2. The minimum absolute atomic E-state index is 0.00553. The largest absolute Gasteiger partial charge is 0.491 e. The molecule has 48 heavy (non-hydrogen) atoms. The fourth-order valence-corrected chi connectivity index (χ4v) is 5.16. The van der Waals surface area contributed by atoms with Crippen LogP contribution in [-0.2, 0) is 42.3 Å². The molecule has 0 fully saturated rings. The number of carboxylic acid groups (broad SMARTS) is 2. The van der Waals surface area contributed by atoms with Crippen molar-refractivity contribution in [3.63, 3.8) is 0 Å². The number of carbonyl (C=O) groups is 3. The van der Waals surface area contributed by atoms with Gasteiger partial charge in [0.15, 0.2) is 0 Å². The van der Waals surface area contributed by atoms with Crippen LogP contribution >= 0.6 is 31.9 Å². The number of aliphatic hydroxyl groups excluding tert-OH is 3. The number of hydrogen-bond donors (Lipinski definition) is 7. The fraction of sp³-hybridized carbons (Fsp3) is 0.156. The van der Waals surface area contributed by atoms with E-state index < -0.39 is 26.2 Å². The van der Waals surface area contributed by atoms with Crippen molar-refractivity contribution >= 4 is 75.2 Å². The van der Waals surface area contributed by atoms with Crippen LogP contribution in [0.5, 0.6) is 0 Å². The zero-order valence-corrected chi connectivity index (χ0v) is 28.3. The van der Waals surface area contributed by atoms with Gasteiger partial charge in [-0.2, -0.15) is 0 Å². The van der Waals surface area contributed by atoms with Crippen LogP contribution in [0, 0.1) is 0 Å². The van der Waals surface area contributed by atoms with Crippen LogP contribution in [0.1, 0.15) is 58.9 Å². The molecule has 4 aromatic carbocycles. The van der Waals surface area contributed by atoms with Crippen molar-refractivity contribution in [3.05, 3.63) is 126 Å². The highest BCUT2D eigenvalue weighted by molar-refractivity contribution is 9.10. The summed E-state index contributed by atoms with van der Waals surface area (Å²) in [6.45, 7) is 0.862. The smallest absolute Gasteiger partial charge is 0.478 e. The van der Waals surface area contributed by atoms with Crippen molar-refractivity contribution < 1.29 is 59.3 Å². The van der Waals surface area contributed by atoms with E-state index in [1.54, 1.807) is 36.4 Å². The number of carboxylic acids is 2. The summed E-state index contributed by atoms with van der Waals surface area (Å²) in [5.74, 6) is -2.30. The van der Waals surface area contributed by atoms with Gasteiger partial charge in [0.25, 0.3) is 0 Å². The Labute approximate surface area is 292 Å². The van der Waals surface area contributed by atoms with Crippen molar-refractivity contribution in [2.45, 2.75) is 33.0 Å². The number of aliphatic hydroxyl groups is 3. The zero-order chi connectivity index (χ0) is 35.4. The predicted octanol–water partition coefficient (Wildman–Crippen LogP) is 2.39. The molecule has 0 amide bonds. The first-order valence-corrected chi connectivity index (χ1v) is 15.7. The van der Waals surface area contributed by atoms with Crippen LogP contribution in [0.3, 0.4) is 0 Å². The van der Waals surface area contributed by atoms with Crippen LogP contribution in [0.4, 0.5) is 0 Å².